The summed E-state index contributed by atoms with van der Waals surface area (Å²) in [5, 5.41) is 4.27. The average Bonchev–Trinajstić information content (AvgIpc) is 2.95. The van der Waals surface area contributed by atoms with Crippen LogP contribution in [0.25, 0.3) is 0 Å². The van der Waals surface area contributed by atoms with Crippen LogP contribution in [0.15, 0.2) is 18.2 Å². The van der Waals surface area contributed by atoms with Gasteiger partial charge in [-0.2, -0.15) is 0 Å². The minimum absolute atomic E-state index is 0.397. The van der Waals surface area contributed by atoms with Crippen LogP contribution in [-0.2, 0) is 0 Å². The molecule has 1 N–H and O–H groups in total. The van der Waals surface area contributed by atoms with Gasteiger partial charge in [-0.15, -0.1) is 0 Å². The maximum Gasteiger partial charge on any atom is 0.137 e. The van der Waals surface area contributed by atoms with E-state index < -0.39 is 0 Å². The zero-order valence-electron chi connectivity index (χ0n) is 11.6. The lowest BCUT2D eigenvalue weighted by Crippen LogP contribution is -2.24. The zero-order valence-corrected chi connectivity index (χ0v) is 12.3. The topological polar surface area (TPSA) is 21.3 Å². The summed E-state index contributed by atoms with van der Waals surface area (Å²) in [4.78, 5) is 0. The van der Waals surface area contributed by atoms with Gasteiger partial charge in [0, 0.05) is 6.04 Å². The molecule has 100 valence electrons. The summed E-state index contributed by atoms with van der Waals surface area (Å²) in [5.41, 5.74) is 1.71. The first-order chi connectivity index (χ1) is 8.49. The monoisotopic (exact) mass is 267 g/mol. The number of halogens is 1. The molecular formula is C15H22ClNO. The lowest BCUT2D eigenvalue weighted by atomic mass is 9.97. The number of benzene rings is 1. The van der Waals surface area contributed by atoms with E-state index in [2.05, 4.69) is 32.2 Å². The molecule has 3 heteroatoms. The number of hydrogen-bond acceptors (Lipinski definition) is 2. The molecule has 0 radical (unpaired) electrons. The number of ether oxygens (including phenoxy) is 1. The van der Waals surface area contributed by atoms with Crippen molar-refractivity contribution in [2.75, 3.05) is 13.7 Å². The Labute approximate surface area is 115 Å². The van der Waals surface area contributed by atoms with E-state index in [1.807, 2.05) is 12.1 Å². The van der Waals surface area contributed by atoms with Crippen LogP contribution in [0.3, 0.4) is 0 Å². The Hall–Kier alpha value is -0.730. The van der Waals surface area contributed by atoms with E-state index >= 15 is 0 Å². The van der Waals surface area contributed by atoms with Gasteiger partial charge >= 0.3 is 0 Å². The molecule has 2 atom stereocenters. The second-order valence-corrected chi connectivity index (χ2v) is 6.14. The maximum absolute atomic E-state index is 6.22. The van der Waals surface area contributed by atoms with Crippen molar-refractivity contribution in [3.05, 3.63) is 28.8 Å². The molecule has 0 aromatic heterocycles. The van der Waals surface area contributed by atoms with Crippen molar-refractivity contribution in [2.24, 2.45) is 11.3 Å². The fourth-order valence-corrected chi connectivity index (χ4v) is 2.93. The molecule has 1 aliphatic carbocycles. The lowest BCUT2D eigenvalue weighted by Gasteiger charge is -2.21. The smallest absolute Gasteiger partial charge is 0.137 e. The van der Waals surface area contributed by atoms with Gasteiger partial charge in [-0.3, -0.25) is 0 Å². The first-order valence-corrected chi connectivity index (χ1v) is 6.94. The van der Waals surface area contributed by atoms with Gasteiger partial charge in [0.15, 0.2) is 0 Å². The highest BCUT2D eigenvalue weighted by atomic mass is 35.5. The van der Waals surface area contributed by atoms with Crippen LogP contribution in [-0.4, -0.2) is 13.7 Å². The van der Waals surface area contributed by atoms with Gasteiger partial charge in [0.2, 0.25) is 0 Å². The third-order valence-corrected chi connectivity index (χ3v) is 4.25. The summed E-state index contributed by atoms with van der Waals surface area (Å²) in [6.45, 7) is 7.77. The van der Waals surface area contributed by atoms with Crippen molar-refractivity contribution in [2.45, 2.75) is 33.2 Å². The molecular weight excluding hydrogens is 246 g/mol. The Balaban J connectivity index is 2.23. The van der Waals surface area contributed by atoms with Gasteiger partial charge in [0.1, 0.15) is 5.75 Å². The number of hydrogen-bond donors (Lipinski definition) is 1. The molecule has 2 unspecified atom stereocenters. The molecule has 1 aliphatic rings. The van der Waals surface area contributed by atoms with Gasteiger partial charge in [0.05, 0.1) is 12.1 Å². The highest BCUT2D eigenvalue weighted by Gasteiger charge is 2.50. The molecule has 1 aromatic carbocycles. The highest BCUT2D eigenvalue weighted by Crippen LogP contribution is 2.57. The van der Waals surface area contributed by atoms with E-state index in [1.165, 1.54) is 12.0 Å². The molecule has 0 aliphatic heterocycles. The van der Waals surface area contributed by atoms with E-state index in [0.29, 0.717) is 22.4 Å². The van der Waals surface area contributed by atoms with Crippen LogP contribution in [0.5, 0.6) is 5.75 Å². The van der Waals surface area contributed by atoms with E-state index in [4.69, 9.17) is 16.3 Å². The van der Waals surface area contributed by atoms with Gasteiger partial charge in [-0.05, 0) is 42.0 Å². The zero-order chi connectivity index (χ0) is 13.3. The summed E-state index contributed by atoms with van der Waals surface area (Å²) in [5.74, 6) is 1.44. The van der Waals surface area contributed by atoms with Crippen LogP contribution in [0, 0.1) is 11.3 Å². The minimum Gasteiger partial charge on any atom is -0.495 e. The highest BCUT2D eigenvalue weighted by molar-refractivity contribution is 6.32. The van der Waals surface area contributed by atoms with Crippen molar-refractivity contribution < 1.29 is 4.74 Å². The largest absolute Gasteiger partial charge is 0.495 e. The van der Waals surface area contributed by atoms with Gasteiger partial charge < -0.3 is 10.1 Å². The van der Waals surface area contributed by atoms with Crippen LogP contribution >= 0.6 is 11.6 Å². The standard InChI is InChI=1S/C15H22ClNO/c1-5-17-14(11-9-15(11,2)3)10-6-7-13(18-4)12(16)8-10/h6-8,11,14,17H,5,9H2,1-4H3. The van der Waals surface area contributed by atoms with Crippen LogP contribution in [0.2, 0.25) is 5.02 Å². The van der Waals surface area contributed by atoms with Gasteiger partial charge in [-0.25, -0.2) is 0 Å². The summed E-state index contributed by atoms with van der Waals surface area (Å²) >= 11 is 6.22. The molecule has 18 heavy (non-hydrogen) atoms. The van der Waals surface area contributed by atoms with Crippen LogP contribution in [0.4, 0.5) is 0 Å². The molecule has 0 spiro atoms. The molecule has 1 aromatic rings. The third kappa shape index (κ3) is 2.65. The molecule has 2 nitrogen and oxygen atoms in total. The Morgan fingerprint density at radius 1 is 1.50 bits per heavy atom. The number of rotatable bonds is 5. The first-order valence-electron chi connectivity index (χ1n) is 6.56. The van der Waals surface area contributed by atoms with Crippen LogP contribution < -0.4 is 10.1 Å². The summed E-state index contributed by atoms with van der Waals surface area (Å²) in [7, 11) is 1.65. The summed E-state index contributed by atoms with van der Waals surface area (Å²) in [6.07, 6.45) is 1.27. The van der Waals surface area contributed by atoms with Crippen molar-refractivity contribution in [3.63, 3.8) is 0 Å². The molecule has 2 rings (SSSR count). The summed E-state index contributed by atoms with van der Waals surface area (Å²) in [6, 6.07) is 6.50. The number of methoxy groups -OCH3 is 1. The van der Waals surface area contributed by atoms with E-state index in [-0.39, 0.29) is 0 Å². The Kier molecular flexibility index (Phi) is 3.88. The molecule has 0 bridgehead atoms. The normalized spacial score (nSPS) is 22.6. The van der Waals surface area contributed by atoms with Crippen molar-refractivity contribution >= 4 is 11.6 Å². The van der Waals surface area contributed by atoms with E-state index in [0.717, 1.165) is 12.3 Å². The maximum atomic E-state index is 6.22. The third-order valence-electron chi connectivity index (χ3n) is 3.95. The quantitative estimate of drug-likeness (QED) is 0.869. The van der Waals surface area contributed by atoms with E-state index in [1.54, 1.807) is 7.11 Å². The Bertz CT molecular complexity index is 431. The van der Waals surface area contributed by atoms with Crippen LogP contribution in [0.1, 0.15) is 38.8 Å². The Morgan fingerprint density at radius 2 is 2.17 bits per heavy atom. The van der Waals surface area contributed by atoms with Gasteiger partial charge in [0.25, 0.3) is 0 Å². The first kappa shape index (κ1) is 13.7. The van der Waals surface area contributed by atoms with E-state index in [9.17, 15) is 0 Å². The molecule has 1 saturated carbocycles. The SMILES string of the molecule is CCNC(c1ccc(OC)c(Cl)c1)C1CC1(C)C. The average molecular weight is 268 g/mol. The molecule has 0 heterocycles. The minimum atomic E-state index is 0.397. The van der Waals surface area contributed by atoms with Crippen molar-refractivity contribution in [1.29, 1.82) is 0 Å². The van der Waals surface area contributed by atoms with Crippen molar-refractivity contribution in [1.82, 2.24) is 5.32 Å². The summed E-state index contributed by atoms with van der Waals surface area (Å²) < 4.78 is 5.20. The molecule has 0 saturated heterocycles. The Morgan fingerprint density at radius 3 is 2.61 bits per heavy atom. The second kappa shape index (κ2) is 5.10. The number of nitrogens with one attached hydrogen (secondary N) is 1. The molecule has 0 amide bonds. The predicted octanol–water partition coefficient (Wildman–Crippen LogP) is 4.05. The fourth-order valence-electron chi connectivity index (χ4n) is 2.67. The predicted molar refractivity (Wildman–Crippen MR) is 76.3 cm³/mol. The lowest BCUT2D eigenvalue weighted by molar-refractivity contribution is 0.410. The fraction of sp³-hybridized carbons (Fsp3) is 0.600. The van der Waals surface area contributed by atoms with Crippen molar-refractivity contribution in [3.8, 4) is 5.75 Å². The van der Waals surface area contributed by atoms with Gasteiger partial charge in [-0.1, -0.05) is 38.4 Å². The molecule has 1 fully saturated rings. The second-order valence-electron chi connectivity index (χ2n) is 5.73.